The Morgan fingerprint density at radius 1 is 0.763 bits per heavy atom. The van der Waals surface area contributed by atoms with Crippen LogP contribution in [0.15, 0.2) is 96.0 Å². The van der Waals surface area contributed by atoms with E-state index >= 15 is 0 Å². The molecule has 0 aliphatic carbocycles. The minimum Gasteiger partial charge on any atom is -0.368 e. The summed E-state index contributed by atoms with van der Waals surface area (Å²) in [4.78, 5) is 7.68. The van der Waals surface area contributed by atoms with Crippen LogP contribution in [0.25, 0.3) is 10.9 Å². The lowest BCUT2D eigenvalue weighted by Gasteiger charge is -2.36. The van der Waals surface area contributed by atoms with Crippen LogP contribution in [0.4, 0.5) is 5.69 Å². The van der Waals surface area contributed by atoms with Gasteiger partial charge >= 0.3 is 0 Å². The number of hydrogen-bond donors (Lipinski definition) is 0. The summed E-state index contributed by atoms with van der Waals surface area (Å²) in [6, 6.07) is 27.2. The van der Waals surface area contributed by atoms with Crippen LogP contribution >= 0.6 is 0 Å². The molecule has 0 spiro atoms. The molecule has 0 saturated carbocycles. The van der Waals surface area contributed by atoms with Gasteiger partial charge in [0.05, 0.1) is 10.4 Å². The fourth-order valence-electron chi connectivity index (χ4n) is 5.40. The number of hydrogen-bond acceptors (Lipinski definition) is 5. The highest BCUT2D eigenvalue weighted by molar-refractivity contribution is 7.90. The quantitative estimate of drug-likeness (QED) is 0.246. The van der Waals surface area contributed by atoms with Gasteiger partial charge < -0.3 is 9.80 Å². The first kappa shape index (κ1) is 26.5. The molecule has 5 rings (SSSR count). The van der Waals surface area contributed by atoms with E-state index in [4.69, 9.17) is 0 Å². The topological polar surface area (TPSA) is 48.8 Å². The second-order valence-corrected chi connectivity index (χ2v) is 12.1. The maximum atomic E-state index is 13.2. The van der Waals surface area contributed by atoms with Crippen LogP contribution < -0.4 is 4.90 Å². The lowest BCUT2D eigenvalue weighted by molar-refractivity contribution is 0.248. The van der Waals surface area contributed by atoms with Crippen molar-refractivity contribution in [1.82, 2.24) is 13.8 Å². The van der Waals surface area contributed by atoms with Gasteiger partial charge in [0, 0.05) is 50.0 Å². The van der Waals surface area contributed by atoms with Crippen LogP contribution in [0.1, 0.15) is 24.8 Å². The molecule has 0 bridgehead atoms. The second-order valence-electron chi connectivity index (χ2n) is 10.3. The Morgan fingerprint density at radius 3 is 2.21 bits per heavy atom. The van der Waals surface area contributed by atoms with Crippen molar-refractivity contribution in [3.05, 3.63) is 96.7 Å². The highest BCUT2D eigenvalue weighted by Gasteiger charge is 2.22. The molecule has 2 heterocycles. The summed E-state index contributed by atoms with van der Waals surface area (Å²) < 4.78 is 27.9. The zero-order chi connectivity index (χ0) is 26.4. The lowest BCUT2D eigenvalue weighted by Crippen LogP contribution is -2.46. The van der Waals surface area contributed by atoms with Crippen LogP contribution in [-0.2, 0) is 16.6 Å². The van der Waals surface area contributed by atoms with Crippen molar-refractivity contribution in [1.29, 1.82) is 0 Å². The van der Waals surface area contributed by atoms with E-state index in [1.807, 2.05) is 24.3 Å². The van der Waals surface area contributed by atoms with E-state index in [-0.39, 0.29) is 0 Å². The molecular formula is C31H38N4O2S. The molecule has 1 aliphatic rings. The van der Waals surface area contributed by atoms with Crippen molar-refractivity contribution < 1.29 is 8.42 Å². The van der Waals surface area contributed by atoms with Crippen LogP contribution in [-0.4, -0.2) is 68.5 Å². The molecular weight excluding hydrogens is 492 g/mol. The van der Waals surface area contributed by atoms with Crippen LogP contribution in [0.2, 0.25) is 0 Å². The van der Waals surface area contributed by atoms with Gasteiger partial charge in [0.1, 0.15) is 0 Å². The van der Waals surface area contributed by atoms with Crippen LogP contribution in [0, 0.1) is 0 Å². The monoisotopic (exact) mass is 530 g/mol. The Balaban J connectivity index is 1.11. The molecule has 7 heteroatoms. The van der Waals surface area contributed by atoms with Crippen molar-refractivity contribution in [3.8, 4) is 0 Å². The molecule has 0 unspecified atom stereocenters. The van der Waals surface area contributed by atoms with Gasteiger partial charge in [-0.15, -0.1) is 0 Å². The van der Waals surface area contributed by atoms with Gasteiger partial charge in [-0.3, -0.25) is 4.90 Å². The van der Waals surface area contributed by atoms with Gasteiger partial charge in [0.2, 0.25) is 0 Å². The highest BCUT2D eigenvalue weighted by Crippen LogP contribution is 2.31. The number of benzene rings is 3. The molecule has 0 N–H and O–H groups in total. The van der Waals surface area contributed by atoms with Gasteiger partial charge in [-0.2, -0.15) is 0 Å². The number of anilines is 1. The molecule has 200 valence electrons. The summed E-state index contributed by atoms with van der Waals surface area (Å²) in [5, 5.41) is 0.986. The van der Waals surface area contributed by atoms with Crippen molar-refractivity contribution in [2.75, 3.05) is 51.2 Å². The summed E-state index contributed by atoms with van der Waals surface area (Å²) in [5.74, 6) is 0. The number of fused-ring (bicyclic) bond motifs is 1. The number of rotatable bonds is 11. The summed E-state index contributed by atoms with van der Waals surface area (Å²) in [6.07, 6.45) is 5.40. The number of nitrogens with zero attached hydrogens (tertiary/aromatic N) is 4. The average Bonchev–Trinajstić information content (AvgIpc) is 3.40. The third-order valence-electron chi connectivity index (χ3n) is 7.50. The number of piperazine rings is 1. The molecule has 1 aromatic heterocycles. The molecule has 0 atom stereocenters. The first-order valence-corrected chi connectivity index (χ1v) is 15.1. The summed E-state index contributed by atoms with van der Waals surface area (Å²) in [7, 11) is -1.42. The minimum atomic E-state index is -3.63. The van der Waals surface area contributed by atoms with Crippen molar-refractivity contribution in [2.24, 2.45) is 0 Å². The van der Waals surface area contributed by atoms with Gasteiger partial charge in [0.15, 0.2) is 0 Å². The van der Waals surface area contributed by atoms with Crippen molar-refractivity contribution in [2.45, 2.75) is 30.7 Å². The number of aromatic nitrogens is 1. The summed E-state index contributed by atoms with van der Waals surface area (Å²) in [6.45, 7) is 7.27. The maximum absolute atomic E-state index is 13.2. The van der Waals surface area contributed by atoms with Crippen LogP contribution in [0.5, 0.6) is 0 Å². The smallest absolute Gasteiger partial charge is 0.268 e. The lowest BCUT2D eigenvalue weighted by atomic mass is 10.1. The molecule has 0 radical (unpaired) electrons. The summed E-state index contributed by atoms with van der Waals surface area (Å²) in [5.41, 5.74) is 3.22. The molecule has 3 aromatic carbocycles. The Morgan fingerprint density at radius 2 is 1.47 bits per heavy atom. The standard InChI is InChI=1S/C31H38N4O2S/c1-32(26-27-12-5-2-6-13-27)19-9-4-10-20-33-22-24-34(25-23-33)30-16-11-17-31-29(30)18-21-35(31)38(36,37)28-14-7-3-8-15-28/h2-3,5-8,11-18,21H,4,9-10,19-20,22-26H2,1H3. The normalized spacial score (nSPS) is 14.9. The fraction of sp³-hybridized carbons (Fsp3) is 0.355. The second kappa shape index (κ2) is 12.2. The molecule has 6 nitrogen and oxygen atoms in total. The Hall–Kier alpha value is -3.13. The zero-order valence-electron chi connectivity index (χ0n) is 22.2. The van der Waals surface area contributed by atoms with E-state index in [2.05, 4.69) is 58.1 Å². The third-order valence-corrected chi connectivity index (χ3v) is 9.20. The number of unbranched alkanes of at least 4 members (excludes halogenated alkanes) is 2. The van der Waals surface area contributed by atoms with Gasteiger partial charge in [-0.1, -0.05) is 61.0 Å². The van der Waals surface area contributed by atoms with Gasteiger partial charge in [-0.05, 0) is 68.9 Å². The van der Waals surface area contributed by atoms with Gasteiger partial charge in [0.25, 0.3) is 10.0 Å². The largest absolute Gasteiger partial charge is 0.368 e. The third kappa shape index (κ3) is 6.12. The van der Waals surface area contributed by atoms with E-state index in [1.165, 1.54) is 28.8 Å². The Labute approximate surface area is 227 Å². The molecule has 0 amide bonds. The van der Waals surface area contributed by atoms with E-state index in [1.54, 1.807) is 30.5 Å². The predicted molar refractivity (Wildman–Crippen MR) is 156 cm³/mol. The predicted octanol–water partition coefficient (Wildman–Crippen LogP) is 5.30. The fourth-order valence-corrected chi connectivity index (χ4v) is 6.77. The van der Waals surface area contributed by atoms with Crippen LogP contribution in [0.3, 0.4) is 0 Å². The van der Waals surface area contributed by atoms with Gasteiger partial charge in [-0.25, -0.2) is 12.4 Å². The van der Waals surface area contributed by atoms with Crippen molar-refractivity contribution in [3.63, 3.8) is 0 Å². The molecule has 1 fully saturated rings. The average molecular weight is 531 g/mol. The Bertz CT molecular complexity index is 1410. The molecule has 1 aliphatic heterocycles. The van der Waals surface area contributed by atoms with E-state index < -0.39 is 10.0 Å². The minimum absolute atomic E-state index is 0.305. The van der Waals surface area contributed by atoms with E-state index in [0.717, 1.165) is 62.4 Å². The first-order valence-electron chi connectivity index (χ1n) is 13.6. The maximum Gasteiger partial charge on any atom is 0.268 e. The van der Waals surface area contributed by atoms with E-state index in [9.17, 15) is 8.42 Å². The summed E-state index contributed by atoms with van der Waals surface area (Å²) >= 11 is 0. The first-order chi connectivity index (χ1) is 18.5. The molecule has 4 aromatic rings. The SMILES string of the molecule is CN(CCCCCN1CCN(c2cccc3c2ccn3S(=O)(=O)c2ccccc2)CC1)Cc1ccccc1. The Kier molecular flexibility index (Phi) is 8.47. The molecule has 1 saturated heterocycles. The highest BCUT2D eigenvalue weighted by atomic mass is 32.2. The molecule has 38 heavy (non-hydrogen) atoms. The van der Waals surface area contributed by atoms with E-state index in [0.29, 0.717) is 4.90 Å². The van der Waals surface area contributed by atoms with Crippen molar-refractivity contribution >= 4 is 26.6 Å². The zero-order valence-corrected chi connectivity index (χ0v) is 23.1.